The van der Waals surface area contributed by atoms with E-state index < -0.39 is 24.2 Å². The van der Waals surface area contributed by atoms with Gasteiger partial charge in [0.1, 0.15) is 0 Å². The van der Waals surface area contributed by atoms with Crippen molar-refractivity contribution in [1.82, 2.24) is 15.5 Å². The number of halogens is 3. The first kappa shape index (κ1) is 15.0. The molecule has 2 N–H and O–H groups in total. The summed E-state index contributed by atoms with van der Waals surface area (Å²) in [6, 6.07) is 5.68. The van der Waals surface area contributed by atoms with Gasteiger partial charge in [0.05, 0.1) is 0 Å². The number of aliphatic hydroxyl groups is 1. The zero-order chi connectivity index (χ0) is 15.6. The highest BCUT2D eigenvalue weighted by Crippen LogP contribution is 2.29. The van der Waals surface area contributed by atoms with Crippen molar-refractivity contribution in [2.24, 2.45) is 0 Å². The topological polar surface area (TPSA) is 88.2 Å². The van der Waals surface area contributed by atoms with Gasteiger partial charge in [0.15, 0.2) is 6.23 Å². The van der Waals surface area contributed by atoms with Crippen LogP contribution in [-0.2, 0) is 11.0 Å². The normalized spacial score (nSPS) is 13.0. The Balaban J connectivity index is 2.19. The van der Waals surface area contributed by atoms with E-state index in [4.69, 9.17) is 0 Å². The second-order valence-electron chi connectivity index (χ2n) is 4.15. The Morgan fingerprint density at radius 2 is 1.95 bits per heavy atom. The second-order valence-corrected chi connectivity index (χ2v) is 4.15. The number of carbonyl (C=O) groups excluding carboxylic acids is 1. The Morgan fingerprint density at radius 3 is 2.43 bits per heavy atom. The van der Waals surface area contributed by atoms with Gasteiger partial charge in [0, 0.05) is 18.1 Å². The summed E-state index contributed by atoms with van der Waals surface area (Å²) >= 11 is 0. The summed E-state index contributed by atoms with van der Waals surface area (Å²) < 4.78 is 41.1. The third-order valence-electron chi connectivity index (χ3n) is 2.49. The minimum Gasteiger partial charge on any atom is -0.369 e. The van der Waals surface area contributed by atoms with Crippen LogP contribution in [0.3, 0.4) is 0 Å². The first-order valence-electron chi connectivity index (χ1n) is 5.74. The lowest BCUT2D eigenvalue weighted by atomic mass is 10.1. The second kappa shape index (κ2) is 5.52. The summed E-state index contributed by atoms with van der Waals surface area (Å²) in [5.41, 5.74) is 0.654. The number of benzene rings is 1. The van der Waals surface area contributed by atoms with Gasteiger partial charge in [-0.1, -0.05) is 29.4 Å². The molecule has 0 spiro atoms. The standard InChI is InChI=1S/C12H10F3N3O3/c1-6(19)16-10(20)8-4-2-7(3-5-8)9-17-11(21-18-9)12(13,14)15/h2-5,10,20H,1H3,(H,16,19). The molecule has 112 valence electrons. The molecule has 0 bridgehead atoms. The smallest absolute Gasteiger partial charge is 0.369 e. The molecule has 0 aliphatic rings. The number of nitrogens with zero attached hydrogens (tertiary/aromatic N) is 2. The van der Waals surface area contributed by atoms with E-state index in [0.29, 0.717) is 5.56 Å². The van der Waals surface area contributed by atoms with Crippen molar-refractivity contribution in [3.63, 3.8) is 0 Å². The largest absolute Gasteiger partial charge is 0.471 e. The molecule has 1 amide bonds. The maximum atomic E-state index is 12.3. The number of hydrogen-bond acceptors (Lipinski definition) is 5. The van der Waals surface area contributed by atoms with Crippen LogP contribution >= 0.6 is 0 Å². The molecule has 1 heterocycles. The van der Waals surface area contributed by atoms with E-state index in [1.165, 1.54) is 31.2 Å². The van der Waals surface area contributed by atoms with E-state index >= 15 is 0 Å². The molecule has 1 aromatic heterocycles. The molecule has 0 fully saturated rings. The van der Waals surface area contributed by atoms with Crippen LogP contribution in [0.25, 0.3) is 11.4 Å². The van der Waals surface area contributed by atoms with Gasteiger partial charge in [-0.2, -0.15) is 18.2 Å². The number of carbonyl (C=O) groups is 1. The lowest BCUT2D eigenvalue weighted by Gasteiger charge is -2.11. The summed E-state index contributed by atoms with van der Waals surface area (Å²) in [7, 11) is 0. The maximum Gasteiger partial charge on any atom is 0.471 e. The zero-order valence-electron chi connectivity index (χ0n) is 10.7. The predicted octanol–water partition coefficient (Wildman–Crippen LogP) is 1.88. The van der Waals surface area contributed by atoms with E-state index in [1.54, 1.807) is 0 Å². The van der Waals surface area contributed by atoms with E-state index in [0.717, 1.165) is 0 Å². The minimum atomic E-state index is -4.70. The fourth-order valence-corrected chi connectivity index (χ4v) is 1.55. The summed E-state index contributed by atoms with van der Waals surface area (Å²) in [4.78, 5) is 14.0. The van der Waals surface area contributed by atoms with Crippen LogP contribution in [0.4, 0.5) is 13.2 Å². The van der Waals surface area contributed by atoms with Crippen molar-refractivity contribution < 1.29 is 27.6 Å². The van der Waals surface area contributed by atoms with Gasteiger partial charge in [0.25, 0.3) is 0 Å². The van der Waals surface area contributed by atoms with Crippen molar-refractivity contribution in [1.29, 1.82) is 0 Å². The molecule has 1 aromatic carbocycles. The fraction of sp³-hybridized carbons (Fsp3) is 0.250. The molecule has 1 atom stereocenters. The van der Waals surface area contributed by atoms with Gasteiger partial charge in [-0.05, 0) is 0 Å². The van der Waals surface area contributed by atoms with Crippen LogP contribution in [0.5, 0.6) is 0 Å². The lowest BCUT2D eigenvalue weighted by molar-refractivity contribution is -0.159. The van der Waals surface area contributed by atoms with Crippen molar-refractivity contribution in [3.05, 3.63) is 35.7 Å². The molecule has 2 rings (SSSR count). The number of rotatable bonds is 3. The predicted molar refractivity (Wildman–Crippen MR) is 63.5 cm³/mol. The number of aromatic nitrogens is 2. The van der Waals surface area contributed by atoms with Crippen LogP contribution in [-0.4, -0.2) is 21.2 Å². The first-order chi connectivity index (χ1) is 9.77. The quantitative estimate of drug-likeness (QED) is 0.845. The lowest BCUT2D eigenvalue weighted by Crippen LogP contribution is -2.25. The molecular formula is C12H10F3N3O3. The fourth-order valence-electron chi connectivity index (χ4n) is 1.55. The van der Waals surface area contributed by atoms with E-state index in [2.05, 4.69) is 20.0 Å². The van der Waals surface area contributed by atoms with Crippen LogP contribution in [0, 0.1) is 0 Å². The van der Waals surface area contributed by atoms with E-state index in [1.807, 2.05) is 0 Å². The number of hydrogen-bond donors (Lipinski definition) is 2. The monoisotopic (exact) mass is 301 g/mol. The van der Waals surface area contributed by atoms with Gasteiger partial charge < -0.3 is 14.9 Å². The van der Waals surface area contributed by atoms with Crippen molar-refractivity contribution in [2.45, 2.75) is 19.3 Å². The molecule has 2 aromatic rings. The van der Waals surface area contributed by atoms with Crippen LogP contribution in [0.1, 0.15) is 24.6 Å². The van der Waals surface area contributed by atoms with Gasteiger partial charge in [0.2, 0.25) is 11.7 Å². The number of alkyl halides is 3. The average Bonchev–Trinajstić information content (AvgIpc) is 2.87. The van der Waals surface area contributed by atoms with E-state index in [9.17, 15) is 23.1 Å². The molecule has 21 heavy (non-hydrogen) atoms. The maximum absolute atomic E-state index is 12.3. The third kappa shape index (κ3) is 3.57. The number of amides is 1. The SMILES string of the molecule is CC(=O)NC(O)c1ccc(-c2noc(C(F)(F)F)n2)cc1. The molecule has 0 aliphatic heterocycles. The summed E-state index contributed by atoms with van der Waals surface area (Å²) in [5.74, 6) is -2.07. The summed E-state index contributed by atoms with van der Waals surface area (Å²) in [5, 5.41) is 15.1. The van der Waals surface area contributed by atoms with Crippen LogP contribution < -0.4 is 5.32 Å². The number of nitrogens with one attached hydrogen (secondary N) is 1. The Bertz CT molecular complexity index is 637. The van der Waals surface area contributed by atoms with Crippen LogP contribution in [0.2, 0.25) is 0 Å². The molecule has 0 aliphatic carbocycles. The molecule has 0 saturated carbocycles. The van der Waals surface area contributed by atoms with Gasteiger partial charge in [-0.15, -0.1) is 0 Å². The molecule has 0 radical (unpaired) electrons. The Hall–Kier alpha value is -2.42. The third-order valence-corrected chi connectivity index (χ3v) is 2.49. The van der Waals surface area contributed by atoms with Crippen molar-refractivity contribution in [2.75, 3.05) is 0 Å². The van der Waals surface area contributed by atoms with Gasteiger partial charge >= 0.3 is 12.1 Å². The number of aliphatic hydroxyl groups excluding tert-OH is 1. The highest BCUT2D eigenvalue weighted by Gasteiger charge is 2.38. The molecule has 1 unspecified atom stereocenters. The molecule has 0 saturated heterocycles. The zero-order valence-corrected chi connectivity index (χ0v) is 10.7. The van der Waals surface area contributed by atoms with E-state index in [-0.39, 0.29) is 11.4 Å². The van der Waals surface area contributed by atoms with Crippen molar-refractivity contribution in [3.8, 4) is 11.4 Å². The molecule has 6 nitrogen and oxygen atoms in total. The van der Waals surface area contributed by atoms with Crippen molar-refractivity contribution >= 4 is 5.91 Å². The molecular weight excluding hydrogens is 291 g/mol. The van der Waals surface area contributed by atoms with Crippen LogP contribution in [0.15, 0.2) is 28.8 Å². The Labute approximate surface area is 116 Å². The van der Waals surface area contributed by atoms with Gasteiger partial charge in [-0.3, -0.25) is 4.79 Å². The molecule has 9 heteroatoms. The Kier molecular flexibility index (Phi) is 3.94. The highest BCUT2D eigenvalue weighted by atomic mass is 19.4. The minimum absolute atomic E-state index is 0.220. The summed E-state index contributed by atoms with van der Waals surface area (Å²) in [6.07, 6.45) is -5.90. The highest BCUT2D eigenvalue weighted by molar-refractivity contribution is 5.73. The average molecular weight is 301 g/mol. The van der Waals surface area contributed by atoms with Gasteiger partial charge in [-0.25, -0.2) is 0 Å². The summed E-state index contributed by atoms with van der Waals surface area (Å²) in [6.45, 7) is 1.25. The first-order valence-corrected chi connectivity index (χ1v) is 5.74. The Morgan fingerprint density at radius 1 is 1.33 bits per heavy atom.